The minimum atomic E-state index is 0.843. The molecule has 0 fully saturated rings. The maximum Gasteiger partial charge on any atom is 0.159 e. The zero-order valence-electron chi connectivity index (χ0n) is 5.15. The third-order valence-electron chi connectivity index (χ3n) is 1.17. The topological polar surface area (TPSA) is 22.1 Å². The molecule has 0 unspecified atom stereocenters. The lowest BCUT2D eigenvalue weighted by atomic mass is 10.5. The summed E-state index contributed by atoms with van der Waals surface area (Å²) in [5.74, 6) is 0.843. The second-order valence-electron chi connectivity index (χ2n) is 1.81. The van der Waals surface area contributed by atoms with Crippen LogP contribution in [0.1, 0.15) is 0 Å². The van der Waals surface area contributed by atoms with Gasteiger partial charge in [0.15, 0.2) is 5.75 Å². The van der Waals surface area contributed by atoms with Crippen LogP contribution in [0.5, 0.6) is 5.75 Å². The molecular formula is C7H5NOS. The second-order valence-corrected chi connectivity index (χ2v) is 2.71. The van der Waals surface area contributed by atoms with Gasteiger partial charge in [0.1, 0.15) is 5.03 Å². The van der Waals surface area contributed by atoms with Crippen LogP contribution in [0.4, 0.5) is 0 Å². The number of ether oxygens (including phenoxy) is 1. The highest BCUT2D eigenvalue weighted by molar-refractivity contribution is 8.02. The Kier molecular flexibility index (Phi) is 1.36. The maximum atomic E-state index is 5.16. The maximum absolute atomic E-state index is 5.16. The van der Waals surface area contributed by atoms with E-state index in [1.165, 1.54) is 0 Å². The van der Waals surface area contributed by atoms with E-state index in [1.54, 1.807) is 24.2 Å². The van der Waals surface area contributed by atoms with Gasteiger partial charge in [0, 0.05) is 11.6 Å². The molecule has 0 saturated carbocycles. The molecule has 10 heavy (non-hydrogen) atoms. The number of pyridine rings is 1. The van der Waals surface area contributed by atoms with Gasteiger partial charge in [-0.05, 0) is 12.1 Å². The number of thioether (sulfide) groups is 1. The molecule has 0 atom stereocenters. The van der Waals surface area contributed by atoms with Crippen LogP contribution in [0.25, 0.3) is 0 Å². The number of nitrogens with zero attached hydrogens (tertiary/aromatic N) is 1. The fourth-order valence-electron chi connectivity index (χ4n) is 0.748. The van der Waals surface area contributed by atoms with E-state index in [0.29, 0.717) is 0 Å². The van der Waals surface area contributed by atoms with Crippen LogP contribution < -0.4 is 4.74 Å². The van der Waals surface area contributed by atoms with Crippen LogP contribution in [0.2, 0.25) is 0 Å². The fourth-order valence-corrected chi connectivity index (χ4v) is 1.34. The minimum Gasteiger partial charge on any atom is -0.462 e. The van der Waals surface area contributed by atoms with Crippen molar-refractivity contribution in [2.45, 2.75) is 5.03 Å². The van der Waals surface area contributed by atoms with Crippen LogP contribution in [0, 0.1) is 0 Å². The highest BCUT2D eigenvalue weighted by Crippen LogP contribution is 2.30. The summed E-state index contributed by atoms with van der Waals surface area (Å²) in [5.41, 5.74) is 0. The van der Waals surface area contributed by atoms with Gasteiger partial charge in [0.05, 0.1) is 6.26 Å². The Hall–Kier alpha value is -0.960. The van der Waals surface area contributed by atoms with Gasteiger partial charge in [-0.1, -0.05) is 11.8 Å². The summed E-state index contributed by atoms with van der Waals surface area (Å²) in [6.45, 7) is 0. The first-order chi connectivity index (χ1) is 4.97. The molecule has 1 aromatic heterocycles. The predicted octanol–water partition coefficient (Wildman–Crippen LogP) is 2.04. The highest BCUT2D eigenvalue weighted by Gasteiger charge is 2.05. The molecule has 1 aromatic rings. The Morgan fingerprint density at radius 1 is 1.50 bits per heavy atom. The smallest absolute Gasteiger partial charge is 0.159 e. The van der Waals surface area contributed by atoms with Crippen LogP contribution in [-0.4, -0.2) is 4.98 Å². The van der Waals surface area contributed by atoms with E-state index >= 15 is 0 Å². The molecule has 2 nitrogen and oxygen atoms in total. The first-order valence-electron chi connectivity index (χ1n) is 2.90. The molecule has 50 valence electrons. The molecule has 1 aliphatic heterocycles. The van der Waals surface area contributed by atoms with Crippen LogP contribution >= 0.6 is 11.8 Å². The van der Waals surface area contributed by atoms with Crippen LogP contribution in [0.3, 0.4) is 0 Å². The SMILES string of the molecule is C1=CSc2ncccc2O1. The minimum absolute atomic E-state index is 0.843. The summed E-state index contributed by atoms with van der Waals surface area (Å²) in [7, 11) is 0. The number of aromatic nitrogens is 1. The second kappa shape index (κ2) is 2.34. The Labute approximate surface area is 62.9 Å². The Morgan fingerprint density at radius 2 is 2.50 bits per heavy atom. The van der Waals surface area contributed by atoms with Gasteiger partial charge in [-0.25, -0.2) is 4.98 Å². The average Bonchev–Trinajstić information content (AvgIpc) is 2.05. The summed E-state index contributed by atoms with van der Waals surface area (Å²) in [5, 5.41) is 2.81. The zero-order valence-corrected chi connectivity index (χ0v) is 5.97. The highest BCUT2D eigenvalue weighted by atomic mass is 32.2. The molecule has 0 aliphatic carbocycles. The molecule has 2 heterocycles. The average molecular weight is 151 g/mol. The van der Waals surface area contributed by atoms with Crippen molar-refractivity contribution >= 4 is 11.8 Å². The van der Waals surface area contributed by atoms with Crippen molar-refractivity contribution in [2.75, 3.05) is 0 Å². The van der Waals surface area contributed by atoms with E-state index in [1.807, 2.05) is 17.5 Å². The summed E-state index contributed by atoms with van der Waals surface area (Å²) in [6, 6.07) is 3.76. The lowest BCUT2D eigenvalue weighted by molar-refractivity contribution is 0.462. The standard InChI is InChI=1S/C7H5NOS/c1-2-6-7(8-3-1)10-5-4-9-6/h1-5H. The number of rotatable bonds is 0. The summed E-state index contributed by atoms with van der Waals surface area (Å²) in [4.78, 5) is 4.11. The van der Waals surface area contributed by atoms with E-state index in [-0.39, 0.29) is 0 Å². The van der Waals surface area contributed by atoms with Crippen molar-refractivity contribution in [3.05, 3.63) is 30.0 Å². The van der Waals surface area contributed by atoms with Gasteiger partial charge < -0.3 is 4.74 Å². The van der Waals surface area contributed by atoms with Crippen molar-refractivity contribution in [3.8, 4) is 5.75 Å². The normalized spacial score (nSPS) is 14.0. The van der Waals surface area contributed by atoms with Gasteiger partial charge in [0.2, 0.25) is 0 Å². The summed E-state index contributed by atoms with van der Waals surface area (Å²) in [6.07, 6.45) is 3.42. The van der Waals surface area contributed by atoms with Crippen LogP contribution in [0.15, 0.2) is 35.0 Å². The molecule has 2 rings (SSSR count). The largest absolute Gasteiger partial charge is 0.462 e. The van der Waals surface area contributed by atoms with Gasteiger partial charge in [-0.3, -0.25) is 0 Å². The van der Waals surface area contributed by atoms with Gasteiger partial charge in [0.25, 0.3) is 0 Å². The summed E-state index contributed by atoms with van der Waals surface area (Å²) < 4.78 is 5.16. The predicted molar refractivity (Wildman–Crippen MR) is 39.9 cm³/mol. The Bertz CT molecular complexity index is 245. The van der Waals surface area contributed by atoms with E-state index in [0.717, 1.165) is 10.8 Å². The number of fused-ring (bicyclic) bond motifs is 1. The van der Waals surface area contributed by atoms with Crippen molar-refractivity contribution in [3.63, 3.8) is 0 Å². The third-order valence-corrected chi connectivity index (χ3v) is 1.94. The monoisotopic (exact) mass is 151 g/mol. The Balaban J connectivity index is 2.47. The molecule has 0 saturated heterocycles. The molecular weight excluding hydrogens is 146 g/mol. The van der Waals surface area contributed by atoms with E-state index in [4.69, 9.17) is 4.74 Å². The number of hydrogen-bond donors (Lipinski definition) is 0. The Morgan fingerprint density at radius 3 is 3.40 bits per heavy atom. The van der Waals surface area contributed by atoms with Gasteiger partial charge in [-0.15, -0.1) is 0 Å². The molecule has 0 N–H and O–H groups in total. The molecule has 0 amide bonds. The molecule has 0 aromatic carbocycles. The lowest BCUT2D eigenvalue weighted by Gasteiger charge is -2.07. The van der Waals surface area contributed by atoms with Crippen molar-refractivity contribution in [1.82, 2.24) is 4.98 Å². The molecule has 0 spiro atoms. The van der Waals surface area contributed by atoms with E-state index in [9.17, 15) is 0 Å². The first kappa shape index (κ1) is 5.80. The van der Waals surface area contributed by atoms with Gasteiger partial charge in [-0.2, -0.15) is 0 Å². The van der Waals surface area contributed by atoms with Crippen molar-refractivity contribution < 1.29 is 4.74 Å². The zero-order chi connectivity index (χ0) is 6.81. The molecule has 3 heteroatoms. The van der Waals surface area contributed by atoms with Gasteiger partial charge >= 0.3 is 0 Å². The first-order valence-corrected chi connectivity index (χ1v) is 3.78. The van der Waals surface area contributed by atoms with E-state index in [2.05, 4.69) is 4.98 Å². The van der Waals surface area contributed by atoms with Crippen molar-refractivity contribution in [1.29, 1.82) is 0 Å². The van der Waals surface area contributed by atoms with Crippen molar-refractivity contribution in [2.24, 2.45) is 0 Å². The molecule has 1 aliphatic rings. The number of hydrogen-bond acceptors (Lipinski definition) is 3. The quantitative estimate of drug-likeness (QED) is 0.566. The third kappa shape index (κ3) is 0.885. The lowest BCUT2D eigenvalue weighted by Crippen LogP contribution is -1.90. The molecule has 0 radical (unpaired) electrons. The summed E-state index contributed by atoms with van der Waals surface area (Å²) >= 11 is 1.57. The molecule has 0 bridgehead atoms. The van der Waals surface area contributed by atoms with Crippen LogP contribution in [-0.2, 0) is 0 Å². The van der Waals surface area contributed by atoms with E-state index < -0.39 is 0 Å². The fraction of sp³-hybridized carbons (Fsp3) is 0.